The molecule has 25 heavy (non-hydrogen) atoms. The Morgan fingerprint density at radius 1 is 1.24 bits per heavy atom. The maximum Gasteiger partial charge on any atom is 0.335 e. The van der Waals surface area contributed by atoms with Crippen LogP contribution < -0.4 is 0 Å². The second-order valence-electron chi connectivity index (χ2n) is 5.68. The van der Waals surface area contributed by atoms with Crippen molar-refractivity contribution in [2.45, 2.75) is 50.8 Å². The van der Waals surface area contributed by atoms with Gasteiger partial charge in [-0.05, 0) is 6.92 Å². The number of aryl methyl sites for hydroxylation is 1. The van der Waals surface area contributed by atoms with E-state index in [1.807, 2.05) is 0 Å². The molecule has 0 radical (unpaired) electrons. The number of aromatic nitrogens is 1. The van der Waals surface area contributed by atoms with E-state index >= 15 is 0 Å². The molecule has 0 spiro atoms. The highest BCUT2D eigenvalue weighted by Gasteiger charge is 2.47. The van der Waals surface area contributed by atoms with Crippen LogP contribution in [0.4, 0.5) is 0 Å². The first-order valence-corrected chi connectivity index (χ1v) is 7.47. The minimum atomic E-state index is -1.79. The zero-order valence-electron chi connectivity index (χ0n) is 13.7. The van der Waals surface area contributed by atoms with Crippen molar-refractivity contribution in [2.24, 2.45) is 0 Å². The van der Waals surface area contributed by atoms with Crippen LogP contribution in [0, 0.1) is 6.92 Å². The average molecular weight is 359 g/mol. The monoisotopic (exact) mass is 359 g/mol. The molecule has 1 aliphatic rings. The number of methoxy groups -OCH3 is 1. The third kappa shape index (κ3) is 4.06. The fourth-order valence-electron chi connectivity index (χ4n) is 2.48. The van der Waals surface area contributed by atoms with E-state index in [-0.39, 0.29) is 19.0 Å². The van der Waals surface area contributed by atoms with Gasteiger partial charge in [-0.2, -0.15) is 0 Å². The summed E-state index contributed by atoms with van der Waals surface area (Å²) >= 11 is 0. The van der Waals surface area contributed by atoms with Crippen molar-refractivity contribution in [3.63, 3.8) is 0 Å². The van der Waals surface area contributed by atoms with E-state index in [1.54, 1.807) is 6.92 Å². The molecule has 1 aliphatic heterocycles. The van der Waals surface area contributed by atoms with Crippen molar-refractivity contribution in [1.29, 1.82) is 0 Å². The van der Waals surface area contributed by atoms with Crippen LogP contribution in [0.5, 0.6) is 5.75 Å². The molecule has 140 valence electrons. The Kier molecular flexibility index (Phi) is 6.27. The van der Waals surface area contributed by atoms with E-state index in [2.05, 4.69) is 4.98 Å². The Hall–Kier alpha value is -1.82. The fourth-order valence-corrected chi connectivity index (χ4v) is 2.48. The molecule has 0 bridgehead atoms. The van der Waals surface area contributed by atoms with Crippen LogP contribution in [0.2, 0.25) is 0 Å². The van der Waals surface area contributed by atoms with Crippen LogP contribution in [0.15, 0.2) is 6.20 Å². The number of rotatable bonds is 6. The molecule has 10 nitrogen and oxygen atoms in total. The fraction of sp³-hybridized carbons (Fsp3) is 0.600. The normalized spacial score (nSPS) is 29.6. The lowest BCUT2D eigenvalue weighted by Gasteiger charge is -2.38. The zero-order valence-corrected chi connectivity index (χ0v) is 13.7. The van der Waals surface area contributed by atoms with Crippen molar-refractivity contribution in [3.8, 4) is 5.75 Å². The second kappa shape index (κ2) is 8.04. The summed E-state index contributed by atoms with van der Waals surface area (Å²) in [6.45, 7) is 1.50. The van der Waals surface area contributed by atoms with Gasteiger partial charge in [0.2, 0.25) is 0 Å². The third-order valence-corrected chi connectivity index (χ3v) is 3.93. The number of pyridine rings is 1. The van der Waals surface area contributed by atoms with Crippen LogP contribution in [0.1, 0.15) is 16.8 Å². The first kappa shape index (κ1) is 19.5. The molecule has 1 aromatic heterocycles. The highest BCUT2D eigenvalue weighted by molar-refractivity contribution is 5.73. The number of aliphatic hydroxyl groups excluding tert-OH is 3. The number of hydrogen-bond donors (Lipinski definition) is 5. The van der Waals surface area contributed by atoms with E-state index < -0.39 is 36.7 Å². The quantitative estimate of drug-likeness (QED) is 0.411. The topological polar surface area (TPSA) is 159 Å². The van der Waals surface area contributed by atoms with E-state index in [0.717, 1.165) is 0 Å². The van der Waals surface area contributed by atoms with Gasteiger partial charge in [0.25, 0.3) is 0 Å². The molecule has 0 amide bonds. The summed E-state index contributed by atoms with van der Waals surface area (Å²) in [7, 11) is 1.45. The number of aliphatic hydroxyl groups is 3. The second-order valence-corrected chi connectivity index (χ2v) is 5.68. The molecule has 1 fully saturated rings. The number of carbonyl (C=O) groups is 1. The van der Waals surface area contributed by atoms with Crippen molar-refractivity contribution in [1.82, 2.24) is 4.98 Å². The Bertz CT molecular complexity index is 623. The summed E-state index contributed by atoms with van der Waals surface area (Å²) in [4.78, 5) is 15.1. The zero-order chi connectivity index (χ0) is 18.7. The summed E-state index contributed by atoms with van der Waals surface area (Å²) < 4.78 is 15.4. The van der Waals surface area contributed by atoms with Crippen molar-refractivity contribution < 1.29 is 44.5 Å². The lowest BCUT2D eigenvalue weighted by atomic mass is 9.99. The number of aliphatic carboxylic acids is 1. The van der Waals surface area contributed by atoms with Gasteiger partial charge in [-0.3, -0.25) is 4.98 Å². The van der Waals surface area contributed by atoms with Gasteiger partial charge in [-0.25, -0.2) is 4.79 Å². The van der Waals surface area contributed by atoms with Gasteiger partial charge >= 0.3 is 5.97 Å². The van der Waals surface area contributed by atoms with Gasteiger partial charge in [0.15, 0.2) is 12.4 Å². The molecule has 0 aliphatic carbocycles. The molecule has 5 atom stereocenters. The third-order valence-electron chi connectivity index (χ3n) is 3.93. The van der Waals surface area contributed by atoms with Crippen LogP contribution in [0.3, 0.4) is 0 Å². The van der Waals surface area contributed by atoms with Crippen LogP contribution >= 0.6 is 0 Å². The van der Waals surface area contributed by atoms with Crippen molar-refractivity contribution in [3.05, 3.63) is 23.0 Å². The predicted octanol–water partition coefficient (Wildman–Crippen LogP) is -1.35. The maximum absolute atomic E-state index is 11.1. The van der Waals surface area contributed by atoms with Crippen LogP contribution in [-0.4, -0.2) is 74.3 Å². The smallest absolute Gasteiger partial charge is 0.335 e. The van der Waals surface area contributed by atoms with E-state index in [4.69, 9.17) is 19.3 Å². The Balaban J connectivity index is 2.15. The largest absolute Gasteiger partial charge is 0.506 e. The van der Waals surface area contributed by atoms with Crippen LogP contribution in [-0.2, 0) is 32.2 Å². The molecule has 0 unspecified atom stereocenters. The van der Waals surface area contributed by atoms with Gasteiger partial charge < -0.3 is 39.7 Å². The minimum absolute atomic E-state index is 0.0630. The predicted molar refractivity (Wildman–Crippen MR) is 80.5 cm³/mol. The van der Waals surface area contributed by atoms with Gasteiger partial charge in [0.05, 0.1) is 18.9 Å². The number of nitrogens with zero attached hydrogens (tertiary/aromatic N) is 1. The summed E-state index contributed by atoms with van der Waals surface area (Å²) in [5.41, 5.74) is 1.26. The average Bonchev–Trinajstić information content (AvgIpc) is 2.57. The van der Waals surface area contributed by atoms with Gasteiger partial charge in [-0.15, -0.1) is 0 Å². The Labute approximate surface area is 143 Å². The Morgan fingerprint density at radius 3 is 2.52 bits per heavy atom. The molecule has 0 saturated carbocycles. The van der Waals surface area contributed by atoms with E-state index in [1.165, 1.54) is 13.3 Å². The molecular formula is C15H21NO9. The Morgan fingerprint density at radius 2 is 1.92 bits per heavy atom. The number of hydrogen-bond acceptors (Lipinski definition) is 9. The minimum Gasteiger partial charge on any atom is -0.506 e. The van der Waals surface area contributed by atoms with Gasteiger partial charge in [0, 0.05) is 24.4 Å². The molecule has 2 heterocycles. The number of carboxylic acid groups (broad SMARTS) is 1. The lowest BCUT2D eigenvalue weighted by molar-refractivity contribution is -0.297. The SMILES string of the molecule is COCc1c(CO[C@@H]2O[C@H](C(=O)O)[C@@H](O)[C@H](O)[C@H]2O)cnc(C)c1O. The summed E-state index contributed by atoms with van der Waals surface area (Å²) in [5, 5.41) is 48.4. The van der Waals surface area contributed by atoms with Crippen molar-refractivity contribution >= 4 is 5.97 Å². The highest BCUT2D eigenvalue weighted by Crippen LogP contribution is 2.27. The summed E-state index contributed by atoms with van der Waals surface area (Å²) in [6.07, 6.45) is -6.98. The number of carboxylic acids is 1. The maximum atomic E-state index is 11.1. The number of aromatic hydroxyl groups is 1. The van der Waals surface area contributed by atoms with Gasteiger partial charge in [0.1, 0.15) is 24.1 Å². The first-order chi connectivity index (χ1) is 11.8. The molecule has 5 N–H and O–H groups in total. The van der Waals surface area contributed by atoms with Gasteiger partial charge in [-0.1, -0.05) is 0 Å². The summed E-state index contributed by atoms with van der Waals surface area (Å²) in [6, 6.07) is 0. The van der Waals surface area contributed by atoms with Crippen LogP contribution in [0.25, 0.3) is 0 Å². The van der Waals surface area contributed by atoms with E-state index in [9.17, 15) is 25.2 Å². The standard InChI is InChI=1S/C15H21NO9/c1-6-9(17)8(5-23-2)7(3-16-6)4-24-15-12(20)10(18)11(19)13(25-15)14(21)22/h3,10-13,15,17-20H,4-5H2,1-2H3,(H,21,22)/t10-,11-,12+,13-,15+/m0/s1. The molecule has 1 aromatic rings. The van der Waals surface area contributed by atoms with E-state index in [0.29, 0.717) is 16.8 Å². The highest BCUT2D eigenvalue weighted by atomic mass is 16.7. The summed E-state index contributed by atoms with van der Waals surface area (Å²) in [5.74, 6) is -1.56. The molecule has 0 aromatic carbocycles. The lowest BCUT2D eigenvalue weighted by Crippen LogP contribution is -2.60. The molecular weight excluding hydrogens is 338 g/mol. The van der Waals surface area contributed by atoms with Crippen molar-refractivity contribution in [2.75, 3.05) is 7.11 Å². The number of ether oxygens (including phenoxy) is 3. The molecule has 10 heteroatoms. The first-order valence-electron chi connectivity index (χ1n) is 7.47. The molecule has 2 rings (SSSR count). The molecule has 1 saturated heterocycles.